The normalized spacial score (nSPS) is 10.1. The molecule has 0 aliphatic rings. The van der Waals surface area contributed by atoms with E-state index in [9.17, 15) is 0 Å². The molecule has 0 atom stereocenters. The summed E-state index contributed by atoms with van der Waals surface area (Å²) >= 11 is 7.67. The van der Waals surface area contributed by atoms with E-state index in [4.69, 9.17) is 11.6 Å². The minimum absolute atomic E-state index is 0.787. The molecule has 0 bridgehead atoms. The smallest absolute Gasteiger partial charge is 0.0545 e. The Bertz CT molecular complexity index is 412. The van der Waals surface area contributed by atoms with Crippen molar-refractivity contribution in [2.75, 3.05) is 0 Å². The molecular formula is C12H8ClS. The van der Waals surface area contributed by atoms with Crippen LogP contribution in [0.1, 0.15) is 0 Å². The summed E-state index contributed by atoms with van der Waals surface area (Å²) < 4.78 is 0. The fourth-order valence-electron chi connectivity index (χ4n) is 1.09. The van der Waals surface area contributed by atoms with Gasteiger partial charge in [-0.05, 0) is 24.3 Å². The zero-order valence-electron chi connectivity index (χ0n) is 7.41. The first-order valence-electron chi connectivity index (χ1n) is 4.25. The predicted octanol–water partition coefficient (Wildman–Crippen LogP) is 4.29. The molecular weight excluding hydrogens is 212 g/mol. The van der Waals surface area contributed by atoms with E-state index < -0.39 is 0 Å². The first-order chi connectivity index (χ1) is 6.86. The fourth-order valence-corrected chi connectivity index (χ4v) is 2.16. The molecule has 0 fully saturated rings. The highest BCUT2D eigenvalue weighted by Gasteiger charge is 2.00. The lowest BCUT2D eigenvalue weighted by molar-refractivity contribution is 1.40. The quantitative estimate of drug-likeness (QED) is 0.726. The van der Waals surface area contributed by atoms with Crippen LogP contribution in [0.5, 0.6) is 0 Å². The molecule has 0 unspecified atom stereocenters. The molecule has 0 heterocycles. The van der Waals surface area contributed by atoms with Crippen LogP contribution >= 0.6 is 23.4 Å². The molecule has 69 valence electrons. The van der Waals surface area contributed by atoms with Gasteiger partial charge in [0.2, 0.25) is 0 Å². The largest absolute Gasteiger partial charge is 0.0879 e. The Morgan fingerprint density at radius 1 is 1.00 bits per heavy atom. The average molecular weight is 220 g/mol. The third kappa shape index (κ3) is 2.31. The maximum atomic E-state index is 6.04. The van der Waals surface area contributed by atoms with Gasteiger partial charge >= 0.3 is 0 Å². The van der Waals surface area contributed by atoms with Gasteiger partial charge in [0.15, 0.2) is 0 Å². The minimum Gasteiger partial charge on any atom is -0.0879 e. The number of rotatable bonds is 2. The van der Waals surface area contributed by atoms with Gasteiger partial charge in [-0.25, -0.2) is 0 Å². The lowest BCUT2D eigenvalue weighted by Crippen LogP contribution is -1.74. The molecule has 0 saturated heterocycles. The average Bonchev–Trinajstić information content (AvgIpc) is 2.23. The van der Waals surface area contributed by atoms with E-state index in [0.717, 1.165) is 14.8 Å². The maximum absolute atomic E-state index is 6.04. The third-order valence-corrected chi connectivity index (χ3v) is 3.23. The molecule has 0 spiro atoms. The van der Waals surface area contributed by atoms with Gasteiger partial charge in [-0.2, -0.15) is 0 Å². The molecule has 2 aromatic carbocycles. The highest BCUT2D eigenvalue weighted by Crippen LogP contribution is 2.32. The van der Waals surface area contributed by atoms with Crippen molar-refractivity contribution in [1.29, 1.82) is 0 Å². The maximum Gasteiger partial charge on any atom is 0.0545 e. The SMILES string of the molecule is Clc1ccccc1Sc1[c]cccc1. The molecule has 0 aliphatic carbocycles. The zero-order valence-corrected chi connectivity index (χ0v) is 8.98. The van der Waals surface area contributed by atoms with Crippen LogP contribution in [-0.4, -0.2) is 0 Å². The Labute approximate surface area is 92.9 Å². The minimum atomic E-state index is 0.787. The first kappa shape index (κ1) is 9.63. The van der Waals surface area contributed by atoms with Crippen molar-refractivity contribution in [2.45, 2.75) is 9.79 Å². The van der Waals surface area contributed by atoms with Crippen LogP contribution in [0.15, 0.2) is 58.3 Å². The van der Waals surface area contributed by atoms with Crippen molar-refractivity contribution >= 4 is 23.4 Å². The van der Waals surface area contributed by atoms with Gasteiger partial charge in [-0.3, -0.25) is 0 Å². The number of halogens is 1. The summed E-state index contributed by atoms with van der Waals surface area (Å²) in [6, 6.07) is 18.8. The summed E-state index contributed by atoms with van der Waals surface area (Å²) in [6.45, 7) is 0. The van der Waals surface area contributed by atoms with Crippen LogP contribution in [0, 0.1) is 6.07 Å². The molecule has 14 heavy (non-hydrogen) atoms. The standard InChI is InChI=1S/C12H8ClS/c13-11-8-4-5-9-12(11)14-10-6-2-1-3-7-10/h1-6,8-9H. The monoisotopic (exact) mass is 219 g/mol. The van der Waals surface area contributed by atoms with E-state index in [1.807, 2.05) is 48.5 Å². The Morgan fingerprint density at radius 3 is 2.50 bits per heavy atom. The van der Waals surface area contributed by atoms with Crippen molar-refractivity contribution in [3.05, 3.63) is 59.6 Å². The van der Waals surface area contributed by atoms with E-state index in [-0.39, 0.29) is 0 Å². The van der Waals surface area contributed by atoms with Gasteiger partial charge in [0.1, 0.15) is 0 Å². The van der Waals surface area contributed by atoms with Gasteiger partial charge in [0.05, 0.1) is 5.02 Å². The fraction of sp³-hybridized carbons (Fsp3) is 0. The van der Waals surface area contributed by atoms with Crippen LogP contribution in [0.2, 0.25) is 5.02 Å². The second-order valence-corrected chi connectivity index (χ2v) is 4.25. The van der Waals surface area contributed by atoms with Crippen LogP contribution in [0.25, 0.3) is 0 Å². The van der Waals surface area contributed by atoms with E-state index in [2.05, 4.69) is 6.07 Å². The van der Waals surface area contributed by atoms with Gasteiger partial charge in [0.25, 0.3) is 0 Å². The Morgan fingerprint density at radius 2 is 1.79 bits per heavy atom. The zero-order chi connectivity index (χ0) is 9.80. The van der Waals surface area contributed by atoms with E-state index in [0.29, 0.717) is 0 Å². The summed E-state index contributed by atoms with van der Waals surface area (Å²) in [6.07, 6.45) is 0. The number of benzene rings is 2. The molecule has 0 amide bonds. The van der Waals surface area contributed by atoms with Crippen molar-refractivity contribution in [3.8, 4) is 0 Å². The van der Waals surface area contributed by atoms with E-state index in [1.54, 1.807) is 11.8 Å². The molecule has 0 N–H and O–H groups in total. The van der Waals surface area contributed by atoms with Crippen molar-refractivity contribution in [2.24, 2.45) is 0 Å². The van der Waals surface area contributed by atoms with Crippen molar-refractivity contribution in [3.63, 3.8) is 0 Å². The van der Waals surface area contributed by atoms with Gasteiger partial charge in [-0.1, -0.05) is 53.7 Å². The summed E-state index contributed by atoms with van der Waals surface area (Å²) in [5, 5.41) is 0.787. The summed E-state index contributed by atoms with van der Waals surface area (Å²) in [5.74, 6) is 0. The van der Waals surface area contributed by atoms with Crippen LogP contribution in [0.4, 0.5) is 0 Å². The molecule has 1 radical (unpaired) electrons. The molecule has 2 aromatic rings. The Hall–Kier alpha value is -0.920. The summed E-state index contributed by atoms with van der Waals surface area (Å²) in [7, 11) is 0. The predicted molar refractivity (Wildman–Crippen MR) is 60.9 cm³/mol. The first-order valence-corrected chi connectivity index (χ1v) is 5.45. The highest BCUT2D eigenvalue weighted by atomic mass is 35.5. The van der Waals surface area contributed by atoms with Crippen LogP contribution in [0.3, 0.4) is 0 Å². The Balaban J connectivity index is 2.24. The van der Waals surface area contributed by atoms with Gasteiger partial charge in [0, 0.05) is 9.79 Å². The number of hydrogen-bond donors (Lipinski definition) is 0. The van der Waals surface area contributed by atoms with Crippen molar-refractivity contribution < 1.29 is 0 Å². The molecule has 0 aromatic heterocycles. The lowest BCUT2D eigenvalue weighted by atomic mass is 10.4. The molecule has 0 saturated carbocycles. The van der Waals surface area contributed by atoms with Crippen molar-refractivity contribution in [1.82, 2.24) is 0 Å². The van der Waals surface area contributed by atoms with Crippen LogP contribution < -0.4 is 0 Å². The second-order valence-electron chi connectivity index (χ2n) is 2.76. The van der Waals surface area contributed by atoms with E-state index in [1.165, 1.54) is 0 Å². The highest BCUT2D eigenvalue weighted by molar-refractivity contribution is 7.99. The van der Waals surface area contributed by atoms with Crippen LogP contribution in [-0.2, 0) is 0 Å². The third-order valence-electron chi connectivity index (χ3n) is 1.74. The second kappa shape index (κ2) is 4.54. The van der Waals surface area contributed by atoms with Gasteiger partial charge in [-0.15, -0.1) is 0 Å². The Kier molecular flexibility index (Phi) is 3.12. The molecule has 0 aliphatic heterocycles. The molecule has 2 rings (SSSR count). The summed E-state index contributed by atoms with van der Waals surface area (Å²) in [5.41, 5.74) is 0. The summed E-state index contributed by atoms with van der Waals surface area (Å²) in [4.78, 5) is 2.15. The lowest BCUT2D eigenvalue weighted by Gasteiger charge is -2.02. The van der Waals surface area contributed by atoms with E-state index >= 15 is 0 Å². The van der Waals surface area contributed by atoms with Gasteiger partial charge < -0.3 is 0 Å². The molecule has 0 nitrogen and oxygen atoms in total. The topological polar surface area (TPSA) is 0 Å². The molecule has 2 heteroatoms. The number of hydrogen-bond acceptors (Lipinski definition) is 1.